The number of benzene rings is 2. The number of hydrogen-bond acceptors (Lipinski definition) is 9. The molecule has 1 fully saturated rings. The van der Waals surface area contributed by atoms with Crippen molar-refractivity contribution >= 4 is 26.8 Å². The number of halogens is 1. The van der Waals surface area contributed by atoms with E-state index in [9.17, 15) is 28.0 Å². The molecule has 11 nitrogen and oxygen atoms in total. The Morgan fingerprint density at radius 2 is 1.98 bits per heavy atom. The molecule has 1 aliphatic carbocycles. The van der Waals surface area contributed by atoms with Crippen LogP contribution in [0.5, 0.6) is 17.4 Å². The third kappa shape index (κ3) is 6.29. The van der Waals surface area contributed by atoms with Gasteiger partial charge < -0.3 is 14.6 Å². The maximum atomic E-state index is 14.1. The van der Waals surface area contributed by atoms with Crippen LogP contribution in [-0.2, 0) is 10.0 Å². The summed E-state index contributed by atoms with van der Waals surface area (Å²) in [4.78, 5) is 16.7. The molecule has 4 aromatic rings. The second-order valence-corrected chi connectivity index (χ2v) is 11.8. The number of nitrogens with one attached hydrogen (secondary N) is 2. The molecule has 0 unspecified atom stereocenters. The molecule has 1 amide bonds. The van der Waals surface area contributed by atoms with Gasteiger partial charge in [0.15, 0.2) is 0 Å². The van der Waals surface area contributed by atoms with Gasteiger partial charge in [-0.05, 0) is 62.8 Å². The number of aromatic amines is 1. The summed E-state index contributed by atoms with van der Waals surface area (Å²) in [6, 6.07) is 11.2. The van der Waals surface area contributed by atoms with E-state index < -0.39 is 32.2 Å². The lowest BCUT2D eigenvalue weighted by atomic mass is 9.80. The average molecular weight is 580 g/mol. The molecule has 2 aromatic carbocycles. The number of ether oxygens (including phenoxy) is 2. The molecule has 0 spiro atoms. The number of amides is 1. The number of hydrogen-bond donors (Lipinski definition) is 3. The van der Waals surface area contributed by atoms with Gasteiger partial charge in [0.25, 0.3) is 15.9 Å². The second kappa shape index (κ2) is 11.1. The maximum absolute atomic E-state index is 14.1. The van der Waals surface area contributed by atoms with Gasteiger partial charge in [0, 0.05) is 6.07 Å². The second-order valence-electron chi connectivity index (χ2n) is 10.2. The van der Waals surface area contributed by atoms with Gasteiger partial charge in [0.1, 0.15) is 33.8 Å². The molecule has 0 atom stereocenters. The number of aliphatic hydroxyl groups is 1. The summed E-state index contributed by atoms with van der Waals surface area (Å²) in [7, 11) is -4.45. The fourth-order valence-corrected chi connectivity index (χ4v) is 5.54. The first-order chi connectivity index (χ1) is 19.5. The Hall–Kier alpha value is -4.54. The average Bonchev–Trinajstić information content (AvgIpc) is 3.41. The summed E-state index contributed by atoms with van der Waals surface area (Å²) in [6.45, 7) is 2.07. The molecule has 41 heavy (non-hydrogen) atoms. The Kier molecular flexibility index (Phi) is 7.61. The molecule has 0 aliphatic heterocycles. The molecular weight excluding hydrogens is 553 g/mol. The molecule has 3 N–H and O–H groups in total. The van der Waals surface area contributed by atoms with E-state index >= 15 is 0 Å². The summed E-state index contributed by atoms with van der Waals surface area (Å²) in [5.74, 6) is -1.39. The zero-order valence-electron chi connectivity index (χ0n) is 21.9. The van der Waals surface area contributed by atoms with Crippen LogP contribution < -0.4 is 14.2 Å². The van der Waals surface area contributed by atoms with Gasteiger partial charge in [0.2, 0.25) is 5.88 Å². The van der Waals surface area contributed by atoms with Crippen LogP contribution in [0.3, 0.4) is 0 Å². The first-order valence-electron chi connectivity index (χ1n) is 12.8. The molecule has 13 heteroatoms. The molecule has 2 aromatic heterocycles. The van der Waals surface area contributed by atoms with Crippen LogP contribution in [0.1, 0.15) is 48.5 Å². The van der Waals surface area contributed by atoms with Gasteiger partial charge in [-0.2, -0.15) is 10.4 Å². The Balaban J connectivity index is 1.31. The van der Waals surface area contributed by atoms with Crippen molar-refractivity contribution < 1.29 is 32.2 Å². The first kappa shape index (κ1) is 28.0. The van der Waals surface area contributed by atoms with Gasteiger partial charge in [0.05, 0.1) is 41.1 Å². The van der Waals surface area contributed by atoms with Crippen LogP contribution in [0.2, 0.25) is 0 Å². The molecular formula is C28H26FN5O6S. The molecule has 0 radical (unpaired) electrons. The molecule has 0 saturated heterocycles. The fourth-order valence-electron chi connectivity index (χ4n) is 4.61. The number of nitriles is 1. The largest absolute Gasteiger partial charge is 0.476 e. The smallest absolute Gasteiger partial charge is 0.268 e. The number of para-hydroxylation sites is 1. The highest BCUT2D eigenvalue weighted by Gasteiger charge is 2.29. The number of nitrogens with zero attached hydrogens (tertiary/aromatic N) is 3. The first-order valence-corrected chi connectivity index (χ1v) is 14.2. The highest BCUT2D eigenvalue weighted by atomic mass is 32.2. The van der Waals surface area contributed by atoms with Crippen LogP contribution in [0, 0.1) is 23.1 Å². The minimum Gasteiger partial charge on any atom is -0.476 e. The van der Waals surface area contributed by atoms with E-state index in [2.05, 4.69) is 15.2 Å². The molecule has 212 valence electrons. The zero-order valence-corrected chi connectivity index (χ0v) is 22.7. The summed E-state index contributed by atoms with van der Waals surface area (Å²) < 4.78 is 53.7. The monoisotopic (exact) mass is 579 g/mol. The Morgan fingerprint density at radius 1 is 1.22 bits per heavy atom. The lowest BCUT2D eigenvalue weighted by Gasteiger charge is -2.32. The number of aromatic nitrogens is 3. The number of pyridine rings is 1. The Bertz CT molecular complexity index is 1760. The van der Waals surface area contributed by atoms with Crippen LogP contribution in [0.15, 0.2) is 59.8 Å². The lowest BCUT2D eigenvalue weighted by molar-refractivity contribution is 0.00125. The van der Waals surface area contributed by atoms with E-state index in [4.69, 9.17) is 9.47 Å². The van der Waals surface area contributed by atoms with Crippen molar-refractivity contribution in [2.45, 2.75) is 43.1 Å². The topological polar surface area (TPSA) is 167 Å². The standard InChI is InChI=1S/C28H26FN5O6S/c1-28(36)8-6-17(7-9-28)16-39-27-18(13-30)10-20(14-31-27)41(37,38)34-26(35)21-4-2-3-5-24(21)40-25-12-19(29)11-23-22(25)15-32-33-23/h2-5,10-12,14-15,17,36H,6-9,16H2,1H3,(H,32,33)(H,34,35). The van der Waals surface area contributed by atoms with Crippen molar-refractivity contribution in [2.75, 3.05) is 6.61 Å². The normalized spacial score (nSPS) is 18.9. The van der Waals surface area contributed by atoms with Crippen LogP contribution in [0.25, 0.3) is 10.9 Å². The van der Waals surface area contributed by atoms with E-state index in [1.807, 2.05) is 10.8 Å². The quantitative estimate of drug-likeness (QED) is 0.277. The van der Waals surface area contributed by atoms with Crippen molar-refractivity contribution in [2.24, 2.45) is 5.92 Å². The third-order valence-electron chi connectivity index (χ3n) is 6.96. The number of carbonyl (C=O) groups excluding carboxylic acids is 1. The summed E-state index contributed by atoms with van der Waals surface area (Å²) in [5.41, 5.74) is -0.547. The SMILES string of the molecule is CC1(O)CCC(COc2ncc(S(=O)(=O)NC(=O)c3ccccc3Oc3cc(F)cc4[nH]ncc34)cc2C#N)CC1. The number of carbonyl (C=O) groups is 1. The molecule has 2 heterocycles. The number of fused-ring (bicyclic) bond motifs is 1. The number of rotatable bonds is 8. The van der Waals surface area contributed by atoms with Gasteiger partial charge >= 0.3 is 0 Å². The van der Waals surface area contributed by atoms with E-state index in [0.717, 1.165) is 31.2 Å². The highest BCUT2D eigenvalue weighted by Crippen LogP contribution is 2.33. The predicted molar refractivity (Wildman–Crippen MR) is 144 cm³/mol. The Labute approximate surface area is 235 Å². The van der Waals surface area contributed by atoms with E-state index in [1.54, 1.807) is 13.0 Å². The molecule has 1 aliphatic rings. The van der Waals surface area contributed by atoms with E-state index in [-0.39, 0.29) is 41.0 Å². The van der Waals surface area contributed by atoms with Crippen molar-refractivity contribution in [3.8, 4) is 23.4 Å². The van der Waals surface area contributed by atoms with Gasteiger partial charge in [-0.15, -0.1) is 0 Å². The molecule has 1 saturated carbocycles. The van der Waals surface area contributed by atoms with E-state index in [1.165, 1.54) is 30.5 Å². The van der Waals surface area contributed by atoms with Gasteiger partial charge in [-0.1, -0.05) is 12.1 Å². The summed E-state index contributed by atoms with van der Waals surface area (Å²) >= 11 is 0. The van der Waals surface area contributed by atoms with Crippen LogP contribution in [-0.4, -0.2) is 46.8 Å². The minimum absolute atomic E-state index is 0.0166. The van der Waals surface area contributed by atoms with Crippen LogP contribution in [0.4, 0.5) is 4.39 Å². The molecule has 5 rings (SSSR count). The van der Waals surface area contributed by atoms with Crippen molar-refractivity contribution in [1.29, 1.82) is 5.26 Å². The van der Waals surface area contributed by atoms with E-state index in [0.29, 0.717) is 23.7 Å². The van der Waals surface area contributed by atoms with Crippen molar-refractivity contribution in [3.63, 3.8) is 0 Å². The lowest BCUT2D eigenvalue weighted by Crippen LogP contribution is -2.32. The third-order valence-corrected chi connectivity index (χ3v) is 8.26. The van der Waals surface area contributed by atoms with Gasteiger partial charge in [-0.25, -0.2) is 22.5 Å². The minimum atomic E-state index is -4.45. The molecule has 0 bridgehead atoms. The summed E-state index contributed by atoms with van der Waals surface area (Å²) in [6.07, 6.45) is 5.23. The van der Waals surface area contributed by atoms with Gasteiger partial charge in [-0.3, -0.25) is 9.89 Å². The maximum Gasteiger partial charge on any atom is 0.268 e. The number of sulfonamides is 1. The Morgan fingerprint density at radius 3 is 2.73 bits per heavy atom. The highest BCUT2D eigenvalue weighted by molar-refractivity contribution is 7.90. The fraction of sp³-hybridized carbons (Fsp3) is 0.286. The van der Waals surface area contributed by atoms with Crippen molar-refractivity contribution in [3.05, 3.63) is 71.8 Å². The summed E-state index contributed by atoms with van der Waals surface area (Å²) in [5, 5.41) is 26.7. The van der Waals surface area contributed by atoms with Crippen LogP contribution >= 0.6 is 0 Å². The predicted octanol–water partition coefficient (Wildman–Crippen LogP) is 4.20. The number of H-pyrrole nitrogens is 1. The van der Waals surface area contributed by atoms with Crippen molar-refractivity contribution in [1.82, 2.24) is 19.9 Å². The zero-order chi connectivity index (χ0) is 29.2.